The Morgan fingerprint density at radius 1 is 1.20 bits per heavy atom. The highest BCUT2D eigenvalue weighted by atomic mass is 15.3. The molecule has 0 N–H and O–H groups in total. The number of hydrogen-bond donors (Lipinski definition) is 0. The summed E-state index contributed by atoms with van der Waals surface area (Å²) >= 11 is 0. The molecule has 1 aliphatic rings. The number of piperazine rings is 1. The number of allylic oxidation sites excluding steroid dienone is 2. The lowest BCUT2D eigenvalue weighted by molar-refractivity contribution is 0.115. The van der Waals surface area contributed by atoms with Crippen LogP contribution in [0.25, 0.3) is 0 Å². The van der Waals surface area contributed by atoms with Gasteiger partial charge in [0.1, 0.15) is 0 Å². The molecule has 0 amide bonds. The average Bonchev–Trinajstić information content (AvgIpc) is 2.18. The van der Waals surface area contributed by atoms with Gasteiger partial charge >= 0.3 is 0 Å². The topological polar surface area (TPSA) is 6.48 Å². The van der Waals surface area contributed by atoms with Crippen LogP contribution in [0.3, 0.4) is 0 Å². The van der Waals surface area contributed by atoms with E-state index in [0.717, 1.165) is 6.04 Å². The molecule has 0 radical (unpaired) electrons. The summed E-state index contributed by atoms with van der Waals surface area (Å²) in [6.45, 7) is 11.7. The Kier molecular flexibility index (Phi) is 5.34. The van der Waals surface area contributed by atoms with Crippen molar-refractivity contribution in [2.24, 2.45) is 0 Å². The van der Waals surface area contributed by atoms with Gasteiger partial charge < -0.3 is 4.90 Å². The molecule has 1 atom stereocenters. The van der Waals surface area contributed by atoms with Crippen molar-refractivity contribution in [2.75, 3.05) is 33.2 Å². The van der Waals surface area contributed by atoms with Gasteiger partial charge in [-0.2, -0.15) is 0 Å². The molecule has 1 saturated heterocycles. The van der Waals surface area contributed by atoms with Gasteiger partial charge in [0.25, 0.3) is 0 Å². The third-order valence-electron chi connectivity index (χ3n) is 3.30. The van der Waals surface area contributed by atoms with E-state index in [1.54, 1.807) is 0 Å². The van der Waals surface area contributed by atoms with Crippen molar-refractivity contribution in [3.05, 3.63) is 11.6 Å². The first-order chi connectivity index (χ1) is 7.09. The van der Waals surface area contributed by atoms with Crippen molar-refractivity contribution in [3.8, 4) is 0 Å². The molecule has 1 unspecified atom stereocenters. The number of rotatable bonds is 4. The summed E-state index contributed by atoms with van der Waals surface area (Å²) in [6, 6.07) is 0.745. The van der Waals surface area contributed by atoms with Crippen molar-refractivity contribution in [3.63, 3.8) is 0 Å². The lowest BCUT2D eigenvalue weighted by Crippen LogP contribution is -2.48. The fourth-order valence-electron chi connectivity index (χ4n) is 2.06. The molecule has 0 aromatic heterocycles. The third kappa shape index (κ3) is 4.80. The summed E-state index contributed by atoms with van der Waals surface area (Å²) in [7, 11) is 2.21. The average molecular weight is 210 g/mol. The summed E-state index contributed by atoms with van der Waals surface area (Å²) in [5.74, 6) is 0. The molecule has 0 aliphatic carbocycles. The largest absolute Gasteiger partial charge is 0.304 e. The monoisotopic (exact) mass is 210 g/mol. The van der Waals surface area contributed by atoms with Crippen LogP contribution in [0.2, 0.25) is 0 Å². The molecule has 1 rings (SSSR count). The molecule has 0 spiro atoms. The van der Waals surface area contributed by atoms with Gasteiger partial charge in [-0.3, -0.25) is 4.90 Å². The van der Waals surface area contributed by atoms with Gasteiger partial charge in [0.2, 0.25) is 0 Å². The Morgan fingerprint density at radius 3 is 2.33 bits per heavy atom. The molecule has 0 aromatic rings. The highest BCUT2D eigenvalue weighted by Crippen LogP contribution is 2.10. The normalized spacial score (nSPS) is 21.3. The van der Waals surface area contributed by atoms with E-state index >= 15 is 0 Å². The minimum absolute atomic E-state index is 0.745. The van der Waals surface area contributed by atoms with Crippen LogP contribution >= 0.6 is 0 Å². The molecule has 88 valence electrons. The molecule has 1 aliphatic heterocycles. The van der Waals surface area contributed by atoms with Crippen LogP contribution in [0.5, 0.6) is 0 Å². The number of likely N-dealkylation sites (N-methyl/N-ethyl adjacent to an activating group) is 1. The Morgan fingerprint density at radius 2 is 1.80 bits per heavy atom. The molecule has 0 aromatic carbocycles. The van der Waals surface area contributed by atoms with Crippen LogP contribution < -0.4 is 0 Å². The first-order valence-corrected chi connectivity index (χ1v) is 6.15. The second-order valence-electron chi connectivity index (χ2n) is 5.05. The standard InChI is InChI=1S/C13H26N2/c1-12(2)6-5-7-13(3)15-10-8-14(4)9-11-15/h6,13H,5,7-11H2,1-4H3. The molecular formula is C13H26N2. The van der Waals surface area contributed by atoms with Crippen molar-refractivity contribution < 1.29 is 0 Å². The third-order valence-corrected chi connectivity index (χ3v) is 3.30. The lowest BCUT2D eigenvalue weighted by Gasteiger charge is -2.36. The second-order valence-corrected chi connectivity index (χ2v) is 5.05. The van der Waals surface area contributed by atoms with Gasteiger partial charge in [0.15, 0.2) is 0 Å². The van der Waals surface area contributed by atoms with E-state index < -0.39 is 0 Å². The van der Waals surface area contributed by atoms with Gasteiger partial charge in [0, 0.05) is 32.2 Å². The minimum Gasteiger partial charge on any atom is -0.304 e. The minimum atomic E-state index is 0.745. The fraction of sp³-hybridized carbons (Fsp3) is 0.846. The summed E-state index contributed by atoms with van der Waals surface area (Å²) < 4.78 is 0. The Hall–Kier alpha value is -0.340. The smallest absolute Gasteiger partial charge is 0.0113 e. The predicted octanol–water partition coefficient (Wildman–Crippen LogP) is 2.37. The van der Waals surface area contributed by atoms with Crippen molar-refractivity contribution in [1.82, 2.24) is 9.80 Å². The van der Waals surface area contributed by atoms with E-state index in [2.05, 4.69) is 43.7 Å². The molecule has 1 fully saturated rings. The molecular weight excluding hydrogens is 184 g/mol. The van der Waals surface area contributed by atoms with Gasteiger partial charge in [0.05, 0.1) is 0 Å². The molecule has 1 heterocycles. The van der Waals surface area contributed by atoms with E-state index in [1.165, 1.54) is 44.6 Å². The Balaban J connectivity index is 2.22. The van der Waals surface area contributed by atoms with E-state index in [4.69, 9.17) is 0 Å². The molecule has 0 saturated carbocycles. The maximum absolute atomic E-state index is 2.62. The van der Waals surface area contributed by atoms with Crippen LogP contribution in [0.15, 0.2) is 11.6 Å². The van der Waals surface area contributed by atoms with Crippen LogP contribution in [-0.4, -0.2) is 49.1 Å². The van der Waals surface area contributed by atoms with Crippen LogP contribution in [0.4, 0.5) is 0 Å². The van der Waals surface area contributed by atoms with E-state index in [9.17, 15) is 0 Å². The first kappa shape index (κ1) is 12.7. The number of nitrogens with zero attached hydrogens (tertiary/aromatic N) is 2. The Labute approximate surface area is 94.9 Å². The molecule has 2 heteroatoms. The predicted molar refractivity (Wildman–Crippen MR) is 67.2 cm³/mol. The van der Waals surface area contributed by atoms with Crippen LogP contribution in [-0.2, 0) is 0 Å². The first-order valence-electron chi connectivity index (χ1n) is 6.15. The van der Waals surface area contributed by atoms with Crippen molar-refractivity contribution >= 4 is 0 Å². The maximum Gasteiger partial charge on any atom is 0.0113 e. The van der Waals surface area contributed by atoms with Crippen LogP contribution in [0.1, 0.15) is 33.6 Å². The fourth-order valence-corrected chi connectivity index (χ4v) is 2.06. The highest BCUT2D eigenvalue weighted by Gasteiger charge is 2.17. The Bertz CT molecular complexity index is 199. The summed E-state index contributed by atoms with van der Waals surface area (Å²) in [5.41, 5.74) is 1.44. The summed E-state index contributed by atoms with van der Waals surface area (Å²) in [6.07, 6.45) is 4.89. The van der Waals surface area contributed by atoms with Crippen LogP contribution in [0, 0.1) is 0 Å². The molecule has 0 bridgehead atoms. The molecule has 2 nitrogen and oxygen atoms in total. The zero-order valence-electron chi connectivity index (χ0n) is 10.8. The van der Waals surface area contributed by atoms with Crippen molar-refractivity contribution in [2.45, 2.75) is 39.7 Å². The van der Waals surface area contributed by atoms with E-state index in [-0.39, 0.29) is 0 Å². The zero-order chi connectivity index (χ0) is 11.3. The quantitative estimate of drug-likeness (QED) is 0.657. The highest BCUT2D eigenvalue weighted by molar-refractivity contribution is 4.93. The zero-order valence-corrected chi connectivity index (χ0v) is 10.8. The van der Waals surface area contributed by atoms with E-state index in [0.29, 0.717) is 0 Å². The molecule has 15 heavy (non-hydrogen) atoms. The lowest BCUT2D eigenvalue weighted by atomic mass is 10.1. The maximum atomic E-state index is 2.62. The van der Waals surface area contributed by atoms with Crippen molar-refractivity contribution in [1.29, 1.82) is 0 Å². The van der Waals surface area contributed by atoms with Gasteiger partial charge in [-0.05, 0) is 40.7 Å². The van der Waals surface area contributed by atoms with Gasteiger partial charge in [-0.25, -0.2) is 0 Å². The van der Waals surface area contributed by atoms with E-state index in [1.807, 2.05) is 0 Å². The van der Waals surface area contributed by atoms with Gasteiger partial charge in [-0.1, -0.05) is 11.6 Å². The summed E-state index contributed by atoms with van der Waals surface area (Å²) in [5, 5.41) is 0. The number of hydrogen-bond acceptors (Lipinski definition) is 2. The SMILES string of the molecule is CC(C)=CCCC(C)N1CCN(C)CC1. The second kappa shape index (κ2) is 6.29. The summed E-state index contributed by atoms with van der Waals surface area (Å²) in [4.78, 5) is 5.04. The van der Waals surface area contributed by atoms with Gasteiger partial charge in [-0.15, -0.1) is 0 Å².